The number of carbonyl (C=O) groups excluding carboxylic acids is 2. The van der Waals surface area contributed by atoms with Gasteiger partial charge in [-0.15, -0.1) is 0 Å². The molecule has 2 saturated heterocycles. The normalized spacial score (nSPS) is 21.6. The molecule has 2 N–H and O–H groups in total. The Balaban J connectivity index is 1.48. The Labute approximate surface area is 156 Å². The number of amides is 3. The quantitative estimate of drug-likeness (QED) is 0.762. The van der Waals surface area contributed by atoms with Gasteiger partial charge in [-0.1, -0.05) is 24.3 Å². The zero-order valence-corrected chi connectivity index (χ0v) is 15.4. The number of imide groups is 1. The Kier molecular flexibility index (Phi) is 3.42. The third kappa shape index (κ3) is 2.33. The molecular weight excluding hydrogens is 366 g/mol. The summed E-state index contributed by atoms with van der Waals surface area (Å²) in [6, 6.07) is 9.14. The van der Waals surface area contributed by atoms with Crippen LogP contribution in [0.15, 0.2) is 35.2 Å². The number of hydrogen-bond acceptors (Lipinski definition) is 4. The number of sulfonamides is 1. The van der Waals surface area contributed by atoms with Crippen LogP contribution in [0.3, 0.4) is 0 Å². The molecular formula is C19H19N3O4S. The summed E-state index contributed by atoms with van der Waals surface area (Å²) in [6.07, 6.45) is 2.13. The maximum absolute atomic E-state index is 13.3. The highest BCUT2D eigenvalue weighted by atomic mass is 32.2. The molecule has 0 aromatic heterocycles. The number of carbonyl (C=O) groups is 2. The van der Waals surface area contributed by atoms with Crippen LogP contribution in [0.4, 0.5) is 4.79 Å². The van der Waals surface area contributed by atoms with Crippen molar-refractivity contribution < 1.29 is 18.0 Å². The molecule has 2 fully saturated rings. The molecule has 3 amide bonds. The molecule has 1 spiro atoms. The van der Waals surface area contributed by atoms with Crippen molar-refractivity contribution in [3.63, 3.8) is 0 Å². The zero-order valence-electron chi connectivity index (χ0n) is 14.6. The van der Waals surface area contributed by atoms with Gasteiger partial charge in [0.05, 0.1) is 4.90 Å². The van der Waals surface area contributed by atoms with Crippen molar-refractivity contribution in [1.82, 2.24) is 14.9 Å². The summed E-state index contributed by atoms with van der Waals surface area (Å²) in [6.45, 7) is 0.407. The number of benzene rings is 2. The number of nitrogens with one attached hydrogen (secondary N) is 2. The Bertz CT molecular complexity index is 1100. The highest BCUT2D eigenvalue weighted by molar-refractivity contribution is 7.89. The van der Waals surface area contributed by atoms with E-state index in [-0.39, 0.29) is 31.8 Å². The molecule has 5 rings (SSSR count). The number of rotatable bonds is 2. The van der Waals surface area contributed by atoms with E-state index in [4.69, 9.17) is 0 Å². The summed E-state index contributed by atoms with van der Waals surface area (Å²) in [4.78, 5) is 23.9. The second-order valence-corrected chi connectivity index (χ2v) is 9.36. The summed E-state index contributed by atoms with van der Waals surface area (Å²) < 4.78 is 28.1. The summed E-state index contributed by atoms with van der Waals surface area (Å²) in [5.74, 6) is -0.362. The minimum Gasteiger partial charge on any atom is -0.323 e. The molecule has 140 valence electrons. The fourth-order valence-corrected chi connectivity index (χ4v) is 6.30. The number of aryl methyl sites for hydroxylation is 2. The first-order chi connectivity index (χ1) is 12.9. The van der Waals surface area contributed by atoms with Crippen LogP contribution in [0.1, 0.15) is 24.0 Å². The largest absolute Gasteiger partial charge is 0.323 e. The molecule has 1 aliphatic carbocycles. The fraction of sp³-hybridized carbons (Fsp3) is 0.368. The van der Waals surface area contributed by atoms with Gasteiger partial charge in [0.15, 0.2) is 0 Å². The lowest BCUT2D eigenvalue weighted by Crippen LogP contribution is -2.55. The predicted molar refractivity (Wildman–Crippen MR) is 98.8 cm³/mol. The molecule has 0 radical (unpaired) electrons. The number of hydrogen-bond donors (Lipinski definition) is 2. The Hall–Kier alpha value is -2.45. The van der Waals surface area contributed by atoms with E-state index in [9.17, 15) is 18.0 Å². The standard InChI is InChI=1S/C19H19N3O4S/c23-17-19(21-18(24)20-17)8-10-22(11-9-19)27(25,26)15-7-5-13-3-1-2-12-4-6-14(15)16(12)13/h1-3,5,7H,4,6,8-11H2,(H2,20,21,23,24). The summed E-state index contributed by atoms with van der Waals surface area (Å²) in [7, 11) is -3.65. The van der Waals surface area contributed by atoms with Crippen molar-refractivity contribution in [2.24, 2.45) is 0 Å². The lowest BCUT2D eigenvalue weighted by Gasteiger charge is -2.36. The smallest absolute Gasteiger partial charge is 0.322 e. The number of piperidine rings is 1. The van der Waals surface area contributed by atoms with Crippen molar-refractivity contribution in [2.75, 3.05) is 13.1 Å². The molecule has 0 unspecified atom stereocenters. The van der Waals surface area contributed by atoms with Gasteiger partial charge in [0.25, 0.3) is 5.91 Å². The summed E-state index contributed by atoms with van der Waals surface area (Å²) >= 11 is 0. The Morgan fingerprint density at radius 1 is 1.00 bits per heavy atom. The fourth-order valence-electron chi connectivity index (χ4n) is 4.60. The van der Waals surface area contributed by atoms with Gasteiger partial charge in [-0.3, -0.25) is 10.1 Å². The molecule has 2 heterocycles. The highest BCUT2D eigenvalue weighted by Crippen LogP contribution is 2.37. The molecule has 0 atom stereocenters. The van der Waals surface area contributed by atoms with E-state index in [0.717, 1.165) is 29.2 Å². The summed E-state index contributed by atoms with van der Waals surface area (Å²) in [5, 5.41) is 7.05. The Morgan fingerprint density at radius 2 is 1.78 bits per heavy atom. The molecule has 0 saturated carbocycles. The van der Waals surface area contributed by atoms with Crippen LogP contribution in [-0.4, -0.2) is 43.3 Å². The van der Waals surface area contributed by atoms with Crippen molar-refractivity contribution in [1.29, 1.82) is 0 Å². The molecule has 0 bridgehead atoms. The third-order valence-electron chi connectivity index (χ3n) is 6.05. The maximum atomic E-state index is 13.3. The van der Waals surface area contributed by atoms with E-state index in [2.05, 4.69) is 16.7 Å². The minimum absolute atomic E-state index is 0.204. The topological polar surface area (TPSA) is 95.6 Å². The van der Waals surface area contributed by atoms with Crippen molar-refractivity contribution in [3.05, 3.63) is 41.5 Å². The van der Waals surface area contributed by atoms with Crippen LogP contribution in [0.2, 0.25) is 0 Å². The van der Waals surface area contributed by atoms with Gasteiger partial charge in [0.1, 0.15) is 5.54 Å². The Morgan fingerprint density at radius 3 is 2.48 bits per heavy atom. The van der Waals surface area contributed by atoms with Crippen LogP contribution in [0, 0.1) is 0 Å². The molecule has 3 aliphatic rings. The molecule has 7 nitrogen and oxygen atoms in total. The maximum Gasteiger partial charge on any atom is 0.322 e. The average molecular weight is 385 g/mol. The van der Waals surface area contributed by atoms with Crippen LogP contribution in [0.25, 0.3) is 10.8 Å². The lowest BCUT2D eigenvalue weighted by atomic mass is 9.89. The second kappa shape index (κ2) is 5.53. The second-order valence-electron chi connectivity index (χ2n) is 7.45. The van der Waals surface area contributed by atoms with Gasteiger partial charge in [-0.2, -0.15) is 4.31 Å². The van der Waals surface area contributed by atoms with Gasteiger partial charge in [-0.05, 0) is 53.6 Å². The van der Waals surface area contributed by atoms with E-state index in [1.54, 1.807) is 6.07 Å². The van der Waals surface area contributed by atoms with Gasteiger partial charge in [0, 0.05) is 13.1 Å². The van der Waals surface area contributed by atoms with Crippen molar-refractivity contribution in [2.45, 2.75) is 36.1 Å². The van der Waals surface area contributed by atoms with Crippen LogP contribution in [-0.2, 0) is 27.7 Å². The van der Waals surface area contributed by atoms with E-state index in [0.29, 0.717) is 4.90 Å². The lowest BCUT2D eigenvalue weighted by molar-refractivity contribution is -0.125. The third-order valence-corrected chi connectivity index (χ3v) is 8.03. The van der Waals surface area contributed by atoms with Crippen LogP contribution in [0.5, 0.6) is 0 Å². The van der Waals surface area contributed by atoms with Gasteiger partial charge in [0.2, 0.25) is 10.0 Å². The van der Waals surface area contributed by atoms with E-state index in [1.807, 2.05) is 18.2 Å². The van der Waals surface area contributed by atoms with Crippen molar-refractivity contribution in [3.8, 4) is 0 Å². The molecule has 27 heavy (non-hydrogen) atoms. The van der Waals surface area contributed by atoms with Crippen molar-refractivity contribution >= 4 is 32.7 Å². The highest BCUT2D eigenvalue weighted by Gasteiger charge is 2.49. The monoisotopic (exact) mass is 385 g/mol. The SMILES string of the molecule is O=C1NC(=O)C2(CCN(S(=O)(=O)c3ccc4cccc5c4c3CC5)CC2)N1. The van der Waals surface area contributed by atoms with Gasteiger partial charge < -0.3 is 5.32 Å². The van der Waals surface area contributed by atoms with Crippen LogP contribution >= 0.6 is 0 Å². The zero-order chi connectivity index (χ0) is 18.8. The molecule has 2 aliphatic heterocycles. The average Bonchev–Trinajstić information content (AvgIpc) is 3.18. The molecule has 2 aromatic carbocycles. The first-order valence-corrected chi connectivity index (χ1v) is 10.5. The summed E-state index contributed by atoms with van der Waals surface area (Å²) in [5.41, 5.74) is 1.12. The van der Waals surface area contributed by atoms with E-state index >= 15 is 0 Å². The van der Waals surface area contributed by atoms with Gasteiger partial charge in [-0.25, -0.2) is 13.2 Å². The number of urea groups is 1. The molecule has 8 heteroatoms. The predicted octanol–water partition coefficient (Wildman–Crippen LogP) is 1.30. The first-order valence-electron chi connectivity index (χ1n) is 9.08. The van der Waals surface area contributed by atoms with E-state index in [1.165, 1.54) is 9.87 Å². The van der Waals surface area contributed by atoms with Gasteiger partial charge >= 0.3 is 6.03 Å². The van der Waals surface area contributed by atoms with E-state index < -0.39 is 21.6 Å². The first kappa shape index (κ1) is 16.7. The van der Waals surface area contributed by atoms with Crippen LogP contribution < -0.4 is 10.6 Å². The molecule has 2 aromatic rings. The minimum atomic E-state index is -3.65. The number of nitrogens with zero attached hydrogens (tertiary/aromatic N) is 1.